The van der Waals surface area contributed by atoms with Gasteiger partial charge in [-0.3, -0.25) is 0 Å². The maximum absolute atomic E-state index is 7.44. The van der Waals surface area contributed by atoms with Gasteiger partial charge in [-0.1, -0.05) is 94.8 Å². The van der Waals surface area contributed by atoms with Gasteiger partial charge in [-0.25, -0.2) is 0 Å². The first kappa shape index (κ1) is 49.5. The average Bonchev–Trinajstić information content (AvgIpc) is 3.55. The number of ether oxygens (including phenoxy) is 5. The molecule has 70 heavy (non-hydrogen) atoms. The summed E-state index contributed by atoms with van der Waals surface area (Å²) >= 11 is 1.68. The first-order valence-electron chi connectivity index (χ1n) is 23.7. The predicted molar refractivity (Wildman–Crippen MR) is 290 cm³/mol. The molecule has 0 N–H and O–H groups in total. The summed E-state index contributed by atoms with van der Waals surface area (Å²) in [5.74, 6) is 4.27. The molecule has 0 bridgehead atoms. The maximum Gasteiger partial charge on any atom is 0.256 e. The molecule has 9 nitrogen and oxygen atoms in total. The topological polar surface area (TPSA) is 98.7 Å². The van der Waals surface area contributed by atoms with Crippen molar-refractivity contribution in [2.24, 2.45) is 0 Å². The Bertz CT molecular complexity index is 3100. The standard InChI is InChI=1S/C58H66O9P2S/c1-31-19-45(68-64-49-37(23-33(59-15)27-41(49)55(3,4)5)38-24-34(60-16)28-42(50(38)65-68)56(6,7)8)53-47(21-31)70-48-22-32(2)20-46(54(48)63-53)69-66-51-39(25-35(61-17)29-43(51)57(9,10)11)40-26-36(62-18)30-44(52(40)67-69)58(12,13)14/h19-30H,1-18H3. The molecule has 0 saturated carbocycles. The Morgan fingerprint density at radius 3 is 0.857 bits per heavy atom. The van der Waals surface area contributed by atoms with Crippen LogP contribution < -0.4 is 23.7 Å². The third kappa shape index (κ3) is 8.94. The van der Waals surface area contributed by atoms with Crippen molar-refractivity contribution < 1.29 is 40.5 Å². The summed E-state index contributed by atoms with van der Waals surface area (Å²) in [7, 11) is 3.03. The molecular weight excluding hydrogens is 935 g/mol. The molecule has 0 fully saturated rings. The van der Waals surface area contributed by atoms with E-state index in [1.54, 1.807) is 40.2 Å². The van der Waals surface area contributed by atoms with Crippen LogP contribution in [0.3, 0.4) is 0 Å². The van der Waals surface area contributed by atoms with Gasteiger partial charge in [-0.2, -0.15) is 0 Å². The van der Waals surface area contributed by atoms with E-state index < -0.39 is 16.0 Å². The molecule has 6 aromatic carbocycles. The molecular formula is C58H66O9P2S. The van der Waals surface area contributed by atoms with Gasteiger partial charge >= 0.3 is 0 Å². The first-order valence-corrected chi connectivity index (χ1v) is 26.9. The molecule has 368 valence electrons. The molecule has 0 spiro atoms. The van der Waals surface area contributed by atoms with Crippen LogP contribution >= 0.6 is 27.8 Å². The maximum atomic E-state index is 7.44. The second-order valence-corrected chi connectivity index (χ2v) is 26.3. The van der Waals surface area contributed by atoms with Gasteiger partial charge in [0.15, 0.2) is 11.5 Å². The Morgan fingerprint density at radius 1 is 0.371 bits per heavy atom. The van der Waals surface area contributed by atoms with Crippen LogP contribution in [0.2, 0.25) is 0 Å². The fourth-order valence-corrected chi connectivity index (χ4v) is 13.7. The summed E-state index contributed by atoms with van der Waals surface area (Å²) in [4.78, 5) is 1.93. The van der Waals surface area contributed by atoms with Crippen molar-refractivity contribution in [2.75, 3.05) is 28.4 Å². The molecule has 9 rings (SSSR count). The quantitative estimate of drug-likeness (QED) is 0.160. The number of fused-ring (bicyclic) bond motifs is 8. The summed E-state index contributed by atoms with van der Waals surface area (Å²) in [6.07, 6.45) is 0. The summed E-state index contributed by atoms with van der Waals surface area (Å²) in [6.45, 7) is 30.6. The molecule has 1 aliphatic rings. The Balaban J connectivity index is 1.39. The van der Waals surface area contributed by atoms with Gasteiger partial charge < -0.3 is 40.5 Å². The molecule has 0 unspecified atom stereocenters. The van der Waals surface area contributed by atoms with Gasteiger partial charge in [0.2, 0.25) is 0 Å². The highest BCUT2D eigenvalue weighted by Crippen LogP contribution is 2.62. The smallest absolute Gasteiger partial charge is 0.256 e. The van der Waals surface area contributed by atoms with E-state index in [-0.39, 0.29) is 21.7 Å². The zero-order valence-electron chi connectivity index (χ0n) is 43.9. The lowest BCUT2D eigenvalue weighted by molar-refractivity contribution is 0.413. The highest BCUT2D eigenvalue weighted by Gasteiger charge is 2.33. The summed E-state index contributed by atoms with van der Waals surface area (Å²) in [5.41, 5.74) is 7.74. The number of methoxy groups -OCH3 is 4. The lowest BCUT2D eigenvalue weighted by Crippen LogP contribution is -2.12. The van der Waals surface area contributed by atoms with Gasteiger partial charge in [-0.15, -0.1) is 0 Å². The SMILES string of the molecule is COc1cc(C(C)(C)C)c2op(-c3cc(C)cc4c3Oc3c(cc(C)cc3-p3oc5c(C(C)(C)C)cc(OC)cc5c5cc(OC)cc(C(C)(C)C)c5o3)S4)oc3c(C(C)(C)C)cc(OC)cc3c2c1. The van der Waals surface area contributed by atoms with Crippen LogP contribution in [0.4, 0.5) is 0 Å². The number of aryl methyl sites for hydroxylation is 2. The average molecular weight is 1000 g/mol. The van der Waals surface area contributed by atoms with E-state index in [0.29, 0.717) is 11.5 Å². The molecule has 0 saturated heterocycles. The minimum absolute atomic E-state index is 0.325. The molecule has 12 heteroatoms. The van der Waals surface area contributed by atoms with Crippen LogP contribution in [0.5, 0.6) is 34.5 Å². The van der Waals surface area contributed by atoms with Crippen LogP contribution in [-0.4, -0.2) is 28.4 Å². The van der Waals surface area contributed by atoms with E-state index >= 15 is 0 Å². The second kappa shape index (κ2) is 17.6. The van der Waals surface area contributed by atoms with Crippen LogP contribution in [-0.2, 0) is 21.7 Å². The fourth-order valence-electron chi connectivity index (χ4n) is 9.16. The summed E-state index contributed by atoms with van der Waals surface area (Å²) < 4.78 is 61.0. The van der Waals surface area contributed by atoms with Gasteiger partial charge in [0, 0.05) is 43.8 Å². The highest BCUT2D eigenvalue weighted by molar-refractivity contribution is 7.99. The van der Waals surface area contributed by atoms with Crippen molar-refractivity contribution >= 4 is 71.7 Å². The van der Waals surface area contributed by atoms with Gasteiger partial charge in [0.1, 0.15) is 55.9 Å². The normalized spacial score (nSPS) is 13.1. The fraction of sp³-hybridized carbons (Fsp3) is 0.379. The third-order valence-corrected chi connectivity index (χ3v) is 16.8. The molecule has 2 aromatic heterocycles. The minimum atomic E-state index is -1.89. The number of rotatable bonds is 6. The van der Waals surface area contributed by atoms with E-state index in [0.717, 1.165) is 121 Å². The van der Waals surface area contributed by atoms with E-state index in [2.05, 4.69) is 145 Å². The van der Waals surface area contributed by atoms with Crippen LogP contribution in [0, 0.1) is 13.8 Å². The molecule has 0 aliphatic carbocycles. The first-order chi connectivity index (χ1) is 32.8. The van der Waals surface area contributed by atoms with Crippen LogP contribution in [0.25, 0.3) is 54.5 Å². The third-order valence-electron chi connectivity index (χ3n) is 12.9. The Morgan fingerprint density at radius 2 is 0.629 bits per heavy atom. The Kier molecular flexibility index (Phi) is 12.5. The van der Waals surface area contributed by atoms with Crippen molar-refractivity contribution in [1.29, 1.82) is 0 Å². The molecule has 0 amide bonds. The lowest BCUT2D eigenvalue weighted by Gasteiger charge is -2.24. The zero-order valence-corrected chi connectivity index (χ0v) is 46.5. The Labute approximate surface area is 418 Å². The summed E-state index contributed by atoms with van der Waals surface area (Å²) in [5, 5.41) is 5.13. The lowest BCUT2D eigenvalue weighted by atomic mass is 9.84. The molecule has 0 radical (unpaired) electrons. The van der Waals surface area contributed by atoms with Crippen molar-refractivity contribution in [3.05, 3.63) is 106 Å². The molecule has 1 aliphatic heterocycles. The van der Waals surface area contributed by atoms with Gasteiger partial charge in [-0.05, 0) is 119 Å². The van der Waals surface area contributed by atoms with E-state index in [1.807, 2.05) is 24.3 Å². The Hall–Kier alpha value is -5.53. The van der Waals surface area contributed by atoms with Crippen LogP contribution in [0.1, 0.15) is 116 Å². The summed E-state index contributed by atoms with van der Waals surface area (Å²) in [6, 6.07) is 25.2. The minimum Gasteiger partial charge on any atom is -0.497 e. The number of hydrogen-bond acceptors (Lipinski definition) is 10. The number of hydrogen-bond donors (Lipinski definition) is 0. The molecule has 8 aromatic rings. The number of benzene rings is 6. The highest BCUT2D eigenvalue weighted by atomic mass is 32.2. The van der Waals surface area contributed by atoms with Crippen molar-refractivity contribution in [1.82, 2.24) is 0 Å². The van der Waals surface area contributed by atoms with Crippen LogP contribution in [0.15, 0.2) is 99.4 Å². The van der Waals surface area contributed by atoms with Crippen molar-refractivity contribution in [2.45, 2.75) is 128 Å². The van der Waals surface area contributed by atoms with Gasteiger partial charge in [0.05, 0.1) is 38.2 Å². The zero-order chi connectivity index (χ0) is 50.6. The predicted octanol–water partition coefficient (Wildman–Crippen LogP) is 19.0. The van der Waals surface area contributed by atoms with E-state index in [1.165, 1.54) is 0 Å². The molecule has 0 atom stereocenters. The molecule has 3 heterocycles. The van der Waals surface area contributed by atoms with Gasteiger partial charge in [0.25, 0.3) is 16.0 Å². The van der Waals surface area contributed by atoms with E-state index in [4.69, 9.17) is 40.5 Å². The largest absolute Gasteiger partial charge is 0.497 e. The monoisotopic (exact) mass is 1000 g/mol. The van der Waals surface area contributed by atoms with E-state index in [9.17, 15) is 0 Å². The second-order valence-electron chi connectivity index (χ2n) is 22.5. The van der Waals surface area contributed by atoms with Crippen molar-refractivity contribution in [3.8, 4) is 45.1 Å². The van der Waals surface area contributed by atoms with Crippen molar-refractivity contribution in [3.63, 3.8) is 0 Å².